The van der Waals surface area contributed by atoms with Gasteiger partial charge in [-0.15, -0.1) is 0 Å². The van der Waals surface area contributed by atoms with Gasteiger partial charge in [-0.05, 0) is 65.8 Å². The summed E-state index contributed by atoms with van der Waals surface area (Å²) < 4.78 is 81.4. The summed E-state index contributed by atoms with van der Waals surface area (Å²) >= 11 is 0. The van der Waals surface area contributed by atoms with Gasteiger partial charge in [0.25, 0.3) is 0 Å². The first kappa shape index (κ1) is 50.6. The summed E-state index contributed by atoms with van der Waals surface area (Å²) in [7, 11) is -6.67. The Bertz CT molecular complexity index is 2980. The molecule has 10 heterocycles. The number of aromatic nitrogens is 8. The van der Waals surface area contributed by atoms with Gasteiger partial charge in [0.15, 0.2) is 11.6 Å². The smallest absolute Gasteiger partial charge is 0.216 e. The van der Waals surface area contributed by atoms with E-state index in [9.17, 15) is 25.6 Å². The summed E-state index contributed by atoms with van der Waals surface area (Å²) in [4.78, 5) is 44.4. The third-order valence-electron chi connectivity index (χ3n) is 13.9. The highest BCUT2D eigenvalue weighted by Gasteiger charge is 2.41. The van der Waals surface area contributed by atoms with E-state index >= 15 is 0 Å². The maximum absolute atomic E-state index is 14.8. The molecule has 0 aromatic carbocycles. The first-order valence-corrected chi connectivity index (χ1v) is 27.6. The third kappa shape index (κ3) is 10.6. The van der Waals surface area contributed by atoms with Crippen LogP contribution in [-0.2, 0) is 32.9 Å². The van der Waals surface area contributed by atoms with Crippen LogP contribution in [0.5, 0.6) is 0 Å². The highest BCUT2D eigenvalue weighted by molar-refractivity contribution is 7.88. The molecular formula is C50H60F2N14O4S2. The Morgan fingerprint density at radius 2 is 1.03 bits per heavy atom. The second-order valence-corrected chi connectivity index (χ2v) is 23.8. The average molecular weight is 1020 g/mol. The highest BCUT2D eigenvalue weighted by Crippen LogP contribution is 2.37. The molecule has 0 N–H and O–H groups in total. The number of anilines is 4. The third-order valence-corrected chi connectivity index (χ3v) is 16.8. The van der Waals surface area contributed by atoms with Gasteiger partial charge in [-0.2, -0.15) is 13.0 Å². The van der Waals surface area contributed by atoms with Gasteiger partial charge in [-0.3, -0.25) is 9.97 Å². The molecule has 22 heteroatoms. The number of hydrogen-bond donors (Lipinski definition) is 0. The van der Waals surface area contributed by atoms with Crippen LogP contribution in [0.15, 0.2) is 85.5 Å². The second-order valence-electron chi connectivity index (χ2n) is 20.0. The standard InChI is InChI=1S/2C25H30FN7O2S/c1-17-19-15-28-24(21-7-5-6-9-27-21)29-20(19)8-10-32(17)23-14-18(13-22(26)30-23)31-11-12-33(36(4,34)35)25(2,3)16-31;1-17-19-15-28-24(21-7-5-6-9-27-21)29-20(19)8-10-32(17)23-14-18(26)13-22(30-23)31-11-12-33(36(4,34)35)25(2,3)16-31/h2*5-7,9,13-15,17H,8,10-12,16H2,1-4H3. The van der Waals surface area contributed by atoms with Gasteiger partial charge in [-0.1, -0.05) is 12.1 Å². The summed E-state index contributed by atoms with van der Waals surface area (Å²) in [5.74, 6) is 1.84. The Morgan fingerprint density at radius 3 is 1.50 bits per heavy atom. The van der Waals surface area contributed by atoms with Crippen molar-refractivity contribution >= 4 is 43.2 Å². The van der Waals surface area contributed by atoms with Crippen molar-refractivity contribution in [1.82, 2.24) is 48.5 Å². The first-order chi connectivity index (χ1) is 34.1. The molecule has 0 spiro atoms. The Hall–Kier alpha value is -6.36. The van der Waals surface area contributed by atoms with E-state index in [4.69, 9.17) is 15.0 Å². The quantitative estimate of drug-likeness (QED) is 0.159. The van der Waals surface area contributed by atoms with E-state index < -0.39 is 37.1 Å². The molecule has 380 valence electrons. The summed E-state index contributed by atoms with van der Waals surface area (Å²) in [6.45, 7) is 15.3. The summed E-state index contributed by atoms with van der Waals surface area (Å²) in [6, 6.07) is 17.3. The maximum atomic E-state index is 14.8. The van der Waals surface area contributed by atoms with Crippen LogP contribution >= 0.6 is 0 Å². The zero-order valence-corrected chi connectivity index (χ0v) is 43.4. The lowest BCUT2D eigenvalue weighted by atomic mass is 9.99. The van der Waals surface area contributed by atoms with E-state index in [1.807, 2.05) is 106 Å². The van der Waals surface area contributed by atoms with Gasteiger partial charge in [0.05, 0.1) is 36.0 Å². The minimum atomic E-state index is -3.34. The maximum Gasteiger partial charge on any atom is 0.216 e. The van der Waals surface area contributed by atoms with Gasteiger partial charge in [0.1, 0.15) is 34.7 Å². The van der Waals surface area contributed by atoms with Crippen molar-refractivity contribution in [2.75, 3.05) is 84.5 Å². The van der Waals surface area contributed by atoms with E-state index in [1.165, 1.54) is 39.3 Å². The van der Waals surface area contributed by atoms with Gasteiger partial charge < -0.3 is 19.6 Å². The predicted octanol–water partition coefficient (Wildman–Crippen LogP) is 6.11. The fourth-order valence-corrected chi connectivity index (χ4v) is 13.2. The minimum absolute atomic E-state index is 0.0906. The number of pyridine rings is 4. The highest BCUT2D eigenvalue weighted by atomic mass is 32.2. The van der Waals surface area contributed by atoms with Gasteiger partial charge >= 0.3 is 0 Å². The fourth-order valence-electron chi connectivity index (χ4n) is 10.5. The predicted molar refractivity (Wildman–Crippen MR) is 274 cm³/mol. The molecule has 0 bridgehead atoms. The van der Waals surface area contributed by atoms with E-state index in [0.717, 1.165) is 33.9 Å². The molecule has 2 unspecified atom stereocenters. The number of halogens is 2. The first-order valence-electron chi connectivity index (χ1n) is 23.9. The monoisotopic (exact) mass is 1020 g/mol. The minimum Gasteiger partial charge on any atom is -0.368 e. The van der Waals surface area contributed by atoms with Crippen molar-refractivity contribution in [1.29, 1.82) is 0 Å². The fraction of sp³-hybridized carbons (Fsp3) is 0.440. The Kier molecular flexibility index (Phi) is 13.8. The second kappa shape index (κ2) is 19.6. The molecule has 0 amide bonds. The molecule has 0 saturated carbocycles. The number of rotatable bonds is 8. The normalized spacial score (nSPS) is 20.3. The summed E-state index contributed by atoms with van der Waals surface area (Å²) in [6.07, 6.45) is 10.9. The van der Waals surface area contributed by atoms with E-state index in [2.05, 4.69) is 34.7 Å². The topological polar surface area (TPSA) is 191 Å². The van der Waals surface area contributed by atoms with Crippen LogP contribution < -0.4 is 19.6 Å². The molecule has 0 radical (unpaired) electrons. The van der Waals surface area contributed by atoms with Gasteiger partial charge in [-0.25, -0.2) is 51.1 Å². The number of nitrogens with zero attached hydrogens (tertiary/aromatic N) is 14. The van der Waals surface area contributed by atoms with Crippen molar-refractivity contribution in [3.63, 3.8) is 0 Å². The zero-order chi connectivity index (χ0) is 51.3. The Labute approximate surface area is 420 Å². The lowest BCUT2D eigenvalue weighted by molar-refractivity contribution is 0.205. The van der Waals surface area contributed by atoms with Gasteiger partial charge in [0.2, 0.25) is 26.0 Å². The molecule has 72 heavy (non-hydrogen) atoms. The molecule has 2 saturated heterocycles. The number of piperazine rings is 2. The summed E-state index contributed by atoms with van der Waals surface area (Å²) in [5, 5.41) is 0. The van der Waals surface area contributed by atoms with Crippen LogP contribution in [0, 0.1) is 11.8 Å². The number of fused-ring (bicyclic) bond motifs is 2. The molecule has 18 nitrogen and oxygen atoms in total. The van der Waals surface area contributed by atoms with Crippen LogP contribution in [0.3, 0.4) is 0 Å². The van der Waals surface area contributed by atoms with E-state index in [1.54, 1.807) is 12.4 Å². The van der Waals surface area contributed by atoms with Crippen LogP contribution in [0.25, 0.3) is 23.0 Å². The molecule has 4 aliphatic heterocycles. The molecule has 6 aromatic rings. The molecule has 4 aliphatic rings. The molecule has 10 rings (SSSR count). The van der Waals surface area contributed by atoms with Crippen molar-refractivity contribution < 1.29 is 25.6 Å². The Morgan fingerprint density at radius 1 is 0.556 bits per heavy atom. The summed E-state index contributed by atoms with van der Waals surface area (Å²) in [5.41, 5.74) is 4.78. The lowest BCUT2D eigenvalue weighted by Gasteiger charge is -2.46. The largest absolute Gasteiger partial charge is 0.368 e. The molecule has 0 aliphatic carbocycles. The van der Waals surface area contributed by atoms with E-state index in [0.29, 0.717) is 100.0 Å². The van der Waals surface area contributed by atoms with Crippen molar-refractivity contribution in [2.45, 2.75) is 77.5 Å². The number of hydrogen-bond acceptors (Lipinski definition) is 16. The van der Waals surface area contributed by atoms with E-state index in [-0.39, 0.29) is 17.9 Å². The molecule has 2 atom stereocenters. The van der Waals surface area contributed by atoms with Crippen LogP contribution in [-0.4, -0.2) is 141 Å². The lowest BCUT2D eigenvalue weighted by Crippen LogP contribution is -2.61. The van der Waals surface area contributed by atoms with Crippen LogP contribution in [0.4, 0.5) is 31.9 Å². The SMILES string of the molecule is CC1c2cnc(-c3ccccn3)nc2CCN1c1cc(F)cc(N2CCN(S(C)(=O)=O)C(C)(C)C2)n1.CC1c2cnc(-c3ccccn3)nc2CCN1c1cc(N2CCN(S(C)(=O)=O)C(C)(C)C2)cc(F)n1. The van der Waals surface area contributed by atoms with Crippen molar-refractivity contribution in [3.8, 4) is 23.0 Å². The van der Waals surface area contributed by atoms with Gasteiger partial charge in [0, 0.05) is 142 Å². The zero-order valence-electron chi connectivity index (χ0n) is 41.8. The average Bonchev–Trinajstić information content (AvgIpc) is 3.33. The molecule has 6 aromatic heterocycles. The van der Waals surface area contributed by atoms with Crippen molar-refractivity contribution in [2.24, 2.45) is 0 Å². The Balaban J connectivity index is 0.000000178. The van der Waals surface area contributed by atoms with Crippen LogP contribution in [0.2, 0.25) is 0 Å². The van der Waals surface area contributed by atoms with Crippen LogP contribution in [0.1, 0.15) is 76.1 Å². The molecule has 2 fully saturated rings. The number of sulfonamides is 2. The van der Waals surface area contributed by atoms with Crippen molar-refractivity contribution in [3.05, 3.63) is 120 Å². The molecular weight excluding hydrogens is 963 g/mol.